The Hall–Kier alpha value is -2.34. The molecule has 0 bridgehead atoms. The van der Waals surface area contributed by atoms with Crippen LogP contribution in [0.25, 0.3) is 0 Å². The van der Waals surface area contributed by atoms with Gasteiger partial charge in [0.1, 0.15) is 0 Å². The SMILES string of the molecule is CCc1ccc([C@H]2C(C#N)=C(C)NC3=C2C(=O)CCC3)cc1. The molecule has 0 radical (unpaired) electrons. The second-order valence-corrected chi connectivity index (χ2v) is 5.97. The average molecular weight is 292 g/mol. The van der Waals surface area contributed by atoms with Gasteiger partial charge in [-0.05, 0) is 37.3 Å². The third-order valence-corrected chi connectivity index (χ3v) is 4.62. The van der Waals surface area contributed by atoms with Crippen molar-refractivity contribution in [1.29, 1.82) is 5.26 Å². The topological polar surface area (TPSA) is 52.9 Å². The van der Waals surface area contributed by atoms with Crippen LogP contribution in [0.15, 0.2) is 46.8 Å². The van der Waals surface area contributed by atoms with E-state index < -0.39 is 0 Å². The molecule has 3 heteroatoms. The Kier molecular flexibility index (Phi) is 3.85. The van der Waals surface area contributed by atoms with Gasteiger partial charge in [-0.3, -0.25) is 4.79 Å². The molecule has 112 valence electrons. The van der Waals surface area contributed by atoms with Crippen LogP contribution in [0, 0.1) is 11.3 Å². The number of allylic oxidation sites excluding steroid dienone is 4. The minimum Gasteiger partial charge on any atom is -0.361 e. The number of carbonyl (C=O) groups excluding carboxylic acids is 1. The number of dihydropyridines is 1. The van der Waals surface area contributed by atoms with Crippen molar-refractivity contribution in [2.24, 2.45) is 0 Å². The summed E-state index contributed by atoms with van der Waals surface area (Å²) in [5.41, 5.74) is 5.66. The molecule has 0 saturated carbocycles. The summed E-state index contributed by atoms with van der Waals surface area (Å²) in [6, 6.07) is 10.6. The van der Waals surface area contributed by atoms with E-state index in [1.165, 1.54) is 5.56 Å². The number of nitrogens with one attached hydrogen (secondary N) is 1. The van der Waals surface area contributed by atoms with E-state index in [0.29, 0.717) is 12.0 Å². The van der Waals surface area contributed by atoms with Crippen LogP contribution >= 0.6 is 0 Å². The summed E-state index contributed by atoms with van der Waals surface area (Å²) in [6.45, 7) is 4.05. The van der Waals surface area contributed by atoms with Gasteiger partial charge in [-0.25, -0.2) is 0 Å². The van der Waals surface area contributed by atoms with E-state index in [1.807, 2.05) is 6.92 Å². The van der Waals surface area contributed by atoms with Gasteiger partial charge in [-0.2, -0.15) is 5.26 Å². The highest BCUT2D eigenvalue weighted by molar-refractivity contribution is 5.99. The third kappa shape index (κ3) is 2.35. The molecule has 0 aromatic heterocycles. The number of Topliss-reactive ketones (excluding diaryl/α,β-unsaturated/α-hetero) is 1. The lowest BCUT2D eigenvalue weighted by Gasteiger charge is -2.32. The van der Waals surface area contributed by atoms with Crippen LogP contribution in [0.3, 0.4) is 0 Å². The largest absolute Gasteiger partial charge is 0.361 e. The van der Waals surface area contributed by atoms with Crippen molar-refractivity contribution in [1.82, 2.24) is 5.32 Å². The van der Waals surface area contributed by atoms with Crippen molar-refractivity contribution in [2.45, 2.75) is 45.4 Å². The summed E-state index contributed by atoms with van der Waals surface area (Å²) < 4.78 is 0. The highest BCUT2D eigenvalue weighted by atomic mass is 16.1. The highest BCUT2D eigenvalue weighted by Crippen LogP contribution is 2.41. The van der Waals surface area contributed by atoms with Gasteiger partial charge in [0.25, 0.3) is 0 Å². The quantitative estimate of drug-likeness (QED) is 0.903. The summed E-state index contributed by atoms with van der Waals surface area (Å²) in [5, 5.41) is 12.9. The molecule has 2 aliphatic rings. The molecule has 3 nitrogen and oxygen atoms in total. The maximum absolute atomic E-state index is 12.5. The zero-order valence-electron chi connectivity index (χ0n) is 13.1. The number of aryl methyl sites for hydroxylation is 1. The molecule has 0 fully saturated rings. The van der Waals surface area contributed by atoms with Crippen LogP contribution in [0.5, 0.6) is 0 Å². The minimum absolute atomic E-state index is 0.179. The molecule has 3 rings (SSSR count). The Morgan fingerprint density at radius 2 is 2.00 bits per heavy atom. The molecular formula is C19H20N2O. The Morgan fingerprint density at radius 3 is 2.64 bits per heavy atom. The Balaban J connectivity index is 2.13. The lowest BCUT2D eigenvalue weighted by molar-refractivity contribution is -0.116. The van der Waals surface area contributed by atoms with E-state index in [-0.39, 0.29) is 11.7 Å². The summed E-state index contributed by atoms with van der Waals surface area (Å²) in [4.78, 5) is 12.5. The zero-order chi connectivity index (χ0) is 15.7. The zero-order valence-corrected chi connectivity index (χ0v) is 13.1. The smallest absolute Gasteiger partial charge is 0.161 e. The second kappa shape index (κ2) is 5.81. The molecule has 0 unspecified atom stereocenters. The predicted molar refractivity (Wildman–Crippen MR) is 85.9 cm³/mol. The first-order valence-corrected chi connectivity index (χ1v) is 7.88. The molecule has 1 atom stereocenters. The summed E-state index contributed by atoms with van der Waals surface area (Å²) >= 11 is 0. The van der Waals surface area contributed by atoms with Crippen LogP contribution in [0.2, 0.25) is 0 Å². The first-order valence-electron chi connectivity index (χ1n) is 7.88. The molecule has 1 heterocycles. The maximum Gasteiger partial charge on any atom is 0.161 e. The number of benzene rings is 1. The molecule has 0 saturated heterocycles. The fourth-order valence-corrected chi connectivity index (χ4v) is 3.41. The first kappa shape index (κ1) is 14.6. The van der Waals surface area contributed by atoms with E-state index in [4.69, 9.17) is 0 Å². The molecular weight excluding hydrogens is 272 g/mol. The lowest BCUT2D eigenvalue weighted by Crippen LogP contribution is -2.31. The van der Waals surface area contributed by atoms with Crippen LogP contribution < -0.4 is 5.32 Å². The summed E-state index contributed by atoms with van der Waals surface area (Å²) in [5.74, 6) is -0.0291. The summed E-state index contributed by atoms with van der Waals surface area (Å²) in [7, 11) is 0. The van der Waals surface area contributed by atoms with Gasteiger partial charge in [0, 0.05) is 23.4 Å². The van der Waals surface area contributed by atoms with Crippen LogP contribution in [-0.4, -0.2) is 5.78 Å². The van der Waals surface area contributed by atoms with Gasteiger partial charge < -0.3 is 5.32 Å². The molecule has 1 aromatic rings. The second-order valence-electron chi connectivity index (χ2n) is 5.97. The normalized spacial score (nSPS) is 21.3. The number of carbonyl (C=O) groups is 1. The summed E-state index contributed by atoms with van der Waals surface area (Å²) in [6.07, 6.45) is 3.35. The molecule has 0 amide bonds. The molecule has 1 aliphatic heterocycles. The fraction of sp³-hybridized carbons (Fsp3) is 0.368. The van der Waals surface area contributed by atoms with Crippen LogP contribution in [0.1, 0.15) is 50.2 Å². The number of nitrogens with zero attached hydrogens (tertiary/aromatic N) is 1. The van der Waals surface area contributed by atoms with Gasteiger partial charge in [0.05, 0.1) is 17.6 Å². The highest BCUT2D eigenvalue weighted by Gasteiger charge is 2.35. The Morgan fingerprint density at radius 1 is 1.27 bits per heavy atom. The monoisotopic (exact) mass is 292 g/mol. The predicted octanol–water partition coefficient (Wildman–Crippen LogP) is 3.74. The Bertz CT molecular complexity index is 717. The first-order chi connectivity index (χ1) is 10.7. The standard InChI is InChI=1S/C19H20N2O/c1-3-13-7-9-14(10-8-13)18-15(11-20)12(2)21-16-5-4-6-17(22)19(16)18/h7-10,18,21H,3-6H2,1-2H3/t18-/m0/s1. The number of ketones is 1. The van der Waals surface area contributed by atoms with E-state index >= 15 is 0 Å². The molecule has 1 N–H and O–H groups in total. The van der Waals surface area contributed by atoms with Gasteiger partial charge >= 0.3 is 0 Å². The van der Waals surface area contributed by atoms with Crippen LogP contribution in [-0.2, 0) is 11.2 Å². The molecule has 1 aliphatic carbocycles. The van der Waals surface area contributed by atoms with Gasteiger partial charge in [0.15, 0.2) is 5.78 Å². The molecule has 22 heavy (non-hydrogen) atoms. The van der Waals surface area contributed by atoms with Crippen molar-refractivity contribution < 1.29 is 4.79 Å². The van der Waals surface area contributed by atoms with E-state index in [9.17, 15) is 10.1 Å². The molecule has 0 spiro atoms. The van der Waals surface area contributed by atoms with E-state index in [2.05, 4.69) is 42.6 Å². The van der Waals surface area contributed by atoms with E-state index in [1.54, 1.807) is 0 Å². The number of nitriles is 1. The number of rotatable bonds is 2. The third-order valence-electron chi connectivity index (χ3n) is 4.62. The minimum atomic E-state index is -0.208. The van der Waals surface area contributed by atoms with Crippen molar-refractivity contribution in [3.63, 3.8) is 0 Å². The van der Waals surface area contributed by atoms with E-state index in [0.717, 1.165) is 41.8 Å². The van der Waals surface area contributed by atoms with Gasteiger partial charge in [0.2, 0.25) is 0 Å². The number of hydrogen-bond acceptors (Lipinski definition) is 3. The van der Waals surface area contributed by atoms with Crippen molar-refractivity contribution >= 4 is 5.78 Å². The van der Waals surface area contributed by atoms with Gasteiger partial charge in [-0.15, -0.1) is 0 Å². The van der Waals surface area contributed by atoms with Gasteiger partial charge in [-0.1, -0.05) is 31.2 Å². The number of hydrogen-bond donors (Lipinski definition) is 1. The van der Waals surface area contributed by atoms with Crippen molar-refractivity contribution in [2.75, 3.05) is 0 Å². The lowest BCUT2D eigenvalue weighted by atomic mass is 9.75. The Labute approximate surface area is 131 Å². The van der Waals surface area contributed by atoms with Crippen molar-refractivity contribution in [3.05, 3.63) is 57.9 Å². The average Bonchev–Trinajstić information content (AvgIpc) is 2.54. The molecule has 1 aromatic carbocycles. The van der Waals surface area contributed by atoms with Crippen molar-refractivity contribution in [3.8, 4) is 6.07 Å². The van der Waals surface area contributed by atoms with Crippen LogP contribution in [0.4, 0.5) is 0 Å². The maximum atomic E-state index is 12.5. The fourth-order valence-electron chi connectivity index (χ4n) is 3.41.